The van der Waals surface area contributed by atoms with Gasteiger partial charge in [0, 0.05) is 6.54 Å². The van der Waals surface area contributed by atoms with E-state index in [0.29, 0.717) is 24.9 Å². The number of hydrogen-bond donors (Lipinski definition) is 1. The van der Waals surface area contributed by atoms with Crippen molar-refractivity contribution in [1.29, 1.82) is 0 Å². The van der Waals surface area contributed by atoms with Crippen molar-refractivity contribution in [3.05, 3.63) is 11.6 Å². The number of nitrogens with two attached hydrogens (primary N) is 1. The molecule has 0 aromatic carbocycles. The Hall–Kier alpha value is -0.190. The zero-order chi connectivity index (χ0) is 16.1. The van der Waals surface area contributed by atoms with Crippen LogP contribution in [-0.2, 0) is 26.3 Å². The molecular formula is C12H21ClN2O4S3. The monoisotopic (exact) mass is 388 g/mol. The smallest absolute Gasteiger partial charge is 0.247 e. The molecule has 0 fully saturated rings. The summed E-state index contributed by atoms with van der Waals surface area (Å²) in [4.78, 5) is 1.87. The average Bonchev–Trinajstić information content (AvgIpc) is 2.78. The largest absolute Gasteiger partial charge is 0.308 e. The van der Waals surface area contributed by atoms with Crippen LogP contribution in [0.1, 0.15) is 25.3 Å². The van der Waals surface area contributed by atoms with E-state index in [1.165, 1.54) is 6.07 Å². The summed E-state index contributed by atoms with van der Waals surface area (Å²) in [5, 5.41) is 5.09. The minimum Gasteiger partial charge on any atom is -0.308 e. The first kappa shape index (κ1) is 19.9. The Labute approximate surface area is 142 Å². The summed E-state index contributed by atoms with van der Waals surface area (Å²) in [7, 11) is -3.72. The van der Waals surface area contributed by atoms with Gasteiger partial charge in [0.05, 0.1) is 4.75 Å². The second-order valence-corrected chi connectivity index (χ2v) is 11.2. The van der Waals surface area contributed by atoms with Crippen molar-refractivity contribution in [2.45, 2.75) is 39.4 Å². The molecule has 6 nitrogen and oxygen atoms in total. The molecular weight excluding hydrogens is 368 g/mol. The molecule has 0 bridgehead atoms. The van der Waals surface area contributed by atoms with Crippen LogP contribution in [0.2, 0.25) is 0 Å². The molecule has 1 aliphatic rings. The number of primary sulfonamides is 1. The maximum absolute atomic E-state index is 12.9. The van der Waals surface area contributed by atoms with Crippen molar-refractivity contribution in [3.63, 3.8) is 0 Å². The van der Waals surface area contributed by atoms with E-state index in [1.54, 1.807) is 0 Å². The van der Waals surface area contributed by atoms with Crippen LogP contribution in [0.3, 0.4) is 0 Å². The summed E-state index contributed by atoms with van der Waals surface area (Å²) in [6.45, 7) is 2.38. The Bertz CT molecular complexity index is 755. The van der Waals surface area contributed by atoms with E-state index in [0.717, 1.165) is 17.8 Å². The first-order chi connectivity index (χ1) is 9.53. The van der Waals surface area contributed by atoms with Gasteiger partial charge in [-0.2, -0.15) is 0 Å². The molecule has 1 aliphatic heterocycles. The maximum Gasteiger partial charge on any atom is 0.247 e. The van der Waals surface area contributed by atoms with Crippen LogP contribution in [0.4, 0.5) is 0 Å². The second kappa shape index (κ2) is 6.37. The number of sulfonamides is 1. The number of sulfone groups is 1. The van der Waals surface area contributed by atoms with Crippen molar-refractivity contribution in [3.8, 4) is 0 Å². The molecule has 22 heavy (non-hydrogen) atoms. The second-order valence-electron chi connectivity index (χ2n) is 5.77. The fraction of sp³-hybridized carbons (Fsp3) is 0.667. The van der Waals surface area contributed by atoms with Crippen LogP contribution >= 0.6 is 23.7 Å². The highest BCUT2D eigenvalue weighted by molar-refractivity contribution is 7.96. The van der Waals surface area contributed by atoms with Gasteiger partial charge in [-0.15, -0.1) is 23.7 Å². The van der Waals surface area contributed by atoms with Crippen LogP contribution in [0.5, 0.6) is 0 Å². The van der Waals surface area contributed by atoms with Gasteiger partial charge in [-0.1, -0.05) is 13.3 Å². The number of halogens is 1. The van der Waals surface area contributed by atoms with Crippen molar-refractivity contribution in [1.82, 2.24) is 4.90 Å². The fourth-order valence-corrected chi connectivity index (χ4v) is 8.17. The number of hydrogen-bond acceptors (Lipinski definition) is 6. The standard InChI is InChI=1S/C12H20N2O4S3.ClH/c1-4-5-12(8-14(2)3)7-9-6-10(21(13,17)18)19-11(9)20(12,15)16;/h6H,4-5,7-8H2,1-3H3,(H2,13,17,18);1H. The summed E-state index contributed by atoms with van der Waals surface area (Å²) in [6.07, 6.45) is 1.66. The minimum absolute atomic E-state index is 0. The molecule has 0 saturated heterocycles. The predicted octanol–water partition coefficient (Wildman–Crippen LogP) is 1.25. The van der Waals surface area contributed by atoms with E-state index < -0.39 is 24.6 Å². The molecule has 0 saturated carbocycles. The molecule has 0 radical (unpaired) electrons. The van der Waals surface area contributed by atoms with E-state index in [-0.39, 0.29) is 20.8 Å². The third-order valence-electron chi connectivity index (χ3n) is 3.66. The molecule has 1 unspecified atom stereocenters. The molecule has 1 atom stereocenters. The lowest BCUT2D eigenvalue weighted by Gasteiger charge is -2.30. The molecule has 1 aromatic heterocycles. The quantitative estimate of drug-likeness (QED) is 0.818. The molecule has 128 valence electrons. The molecule has 10 heteroatoms. The molecule has 0 aliphatic carbocycles. The number of fused-ring (bicyclic) bond motifs is 1. The summed E-state index contributed by atoms with van der Waals surface area (Å²) in [6, 6.07) is 1.42. The van der Waals surface area contributed by atoms with Gasteiger partial charge in [0.25, 0.3) is 0 Å². The topological polar surface area (TPSA) is 97.5 Å². The van der Waals surface area contributed by atoms with Crippen LogP contribution in [0.15, 0.2) is 14.5 Å². The summed E-state index contributed by atoms with van der Waals surface area (Å²) < 4.78 is 47.9. The first-order valence-corrected chi connectivity index (χ1v) is 10.4. The lowest BCUT2D eigenvalue weighted by Crippen LogP contribution is -2.45. The Balaban J connectivity index is 0.00000242. The van der Waals surface area contributed by atoms with Gasteiger partial charge in [0.15, 0.2) is 9.84 Å². The highest BCUT2D eigenvalue weighted by Crippen LogP contribution is 2.47. The Kier molecular flexibility index (Phi) is 5.75. The lowest BCUT2D eigenvalue weighted by atomic mass is 9.95. The van der Waals surface area contributed by atoms with Crippen molar-refractivity contribution in [2.75, 3.05) is 20.6 Å². The van der Waals surface area contributed by atoms with Gasteiger partial charge in [0.1, 0.15) is 8.42 Å². The number of nitrogens with zero attached hydrogens (tertiary/aromatic N) is 1. The highest BCUT2D eigenvalue weighted by Gasteiger charge is 2.52. The summed E-state index contributed by atoms with van der Waals surface area (Å²) >= 11 is 0.772. The molecule has 0 amide bonds. The van der Waals surface area contributed by atoms with Gasteiger partial charge >= 0.3 is 0 Å². The maximum atomic E-state index is 12.9. The Morgan fingerprint density at radius 3 is 2.41 bits per heavy atom. The van der Waals surface area contributed by atoms with E-state index in [2.05, 4.69) is 0 Å². The van der Waals surface area contributed by atoms with E-state index >= 15 is 0 Å². The van der Waals surface area contributed by atoms with Crippen molar-refractivity contribution < 1.29 is 16.8 Å². The van der Waals surface area contributed by atoms with Crippen LogP contribution in [-0.4, -0.2) is 47.1 Å². The van der Waals surface area contributed by atoms with Gasteiger partial charge in [-0.3, -0.25) is 0 Å². The van der Waals surface area contributed by atoms with E-state index in [4.69, 9.17) is 5.14 Å². The van der Waals surface area contributed by atoms with E-state index in [9.17, 15) is 16.8 Å². The summed E-state index contributed by atoms with van der Waals surface area (Å²) in [5.41, 5.74) is 0.583. The van der Waals surface area contributed by atoms with Crippen molar-refractivity contribution in [2.24, 2.45) is 5.14 Å². The average molecular weight is 389 g/mol. The predicted molar refractivity (Wildman–Crippen MR) is 90.0 cm³/mol. The zero-order valence-corrected chi connectivity index (χ0v) is 16.0. The van der Waals surface area contributed by atoms with Gasteiger partial charge in [-0.05, 0) is 38.6 Å². The number of rotatable bonds is 5. The third-order valence-corrected chi connectivity index (χ3v) is 9.33. The Morgan fingerprint density at radius 1 is 1.41 bits per heavy atom. The van der Waals surface area contributed by atoms with Gasteiger partial charge in [0.2, 0.25) is 10.0 Å². The van der Waals surface area contributed by atoms with Crippen molar-refractivity contribution >= 4 is 43.6 Å². The zero-order valence-electron chi connectivity index (χ0n) is 12.7. The van der Waals surface area contributed by atoms with E-state index in [1.807, 2.05) is 25.9 Å². The summed E-state index contributed by atoms with van der Waals surface area (Å²) in [5.74, 6) is 0. The molecule has 2 heterocycles. The molecule has 0 spiro atoms. The molecule has 2 rings (SSSR count). The Morgan fingerprint density at radius 2 is 2.00 bits per heavy atom. The third kappa shape index (κ3) is 3.20. The van der Waals surface area contributed by atoms with Crippen LogP contribution < -0.4 is 5.14 Å². The minimum atomic E-state index is -3.86. The van der Waals surface area contributed by atoms with Crippen LogP contribution in [0, 0.1) is 0 Å². The molecule has 2 N–H and O–H groups in total. The molecule has 1 aromatic rings. The first-order valence-electron chi connectivity index (χ1n) is 6.58. The normalized spacial score (nSPS) is 23.3. The SMILES string of the molecule is CCCC1(CN(C)C)Cc2cc(S(N)(=O)=O)sc2S1(=O)=O.Cl. The number of thiophene rings is 1. The van der Waals surface area contributed by atoms with Gasteiger partial charge < -0.3 is 4.90 Å². The fourth-order valence-electron chi connectivity index (χ4n) is 2.99. The lowest BCUT2D eigenvalue weighted by molar-refractivity contribution is 0.326. The van der Waals surface area contributed by atoms with Gasteiger partial charge in [-0.25, -0.2) is 22.0 Å². The highest BCUT2D eigenvalue weighted by atomic mass is 35.5. The van der Waals surface area contributed by atoms with Crippen LogP contribution in [0.25, 0.3) is 0 Å².